The molecule has 0 amide bonds. The molecule has 0 radical (unpaired) electrons. The van der Waals surface area contributed by atoms with Crippen LogP contribution in [-0.4, -0.2) is 23.5 Å². The van der Waals surface area contributed by atoms with E-state index in [2.05, 4.69) is 5.16 Å². The first-order valence-electron chi connectivity index (χ1n) is 7.00. The minimum atomic E-state index is -0.269. The van der Waals surface area contributed by atoms with E-state index in [-0.39, 0.29) is 6.10 Å². The Hall–Kier alpha value is -1.85. The summed E-state index contributed by atoms with van der Waals surface area (Å²) in [5, 5.41) is 13.2. The van der Waals surface area contributed by atoms with E-state index in [0.717, 1.165) is 24.3 Å². The summed E-state index contributed by atoms with van der Waals surface area (Å²) in [4.78, 5) is 0. The van der Waals surface area contributed by atoms with Crippen molar-refractivity contribution < 1.29 is 19.1 Å². The molecule has 2 aromatic rings. The van der Waals surface area contributed by atoms with Crippen LogP contribution in [0, 0.1) is 0 Å². The van der Waals surface area contributed by atoms with E-state index in [1.54, 1.807) is 14.0 Å². The molecule has 0 bridgehead atoms. The summed E-state index contributed by atoms with van der Waals surface area (Å²) in [6.07, 6.45) is 1.36. The number of rotatable bonds is 8. The number of benzene rings is 1. The number of hydrogen-bond acceptors (Lipinski definition) is 5. The van der Waals surface area contributed by atoms with Crippen LogP contribution in [0.25, 0.3) is 0 Å². The van der Waals surface area contributed by atoms with E-state index in [4.69, 9.17) is 14.0 Å². The van der Waals surface area contributed by atoms with Crippen molar-refractivity contribution in [2.75, 3.05) is 7.11 Å². The Kier molecular flexibility index (Phi) is 5.78. The van der Waals surface area contributed by atoms with Crippen molar-refractivity contribution >= 4 is 0 Å². The number of aliphatic hydroxyl groups excluding tert-OH is 1. The molecule has 5 heteroatoms. The lowest BCUT2D eigenvalue weighted by molar-refractivity contribution is 0.155. The van der Waals surface area contributed by atoms with Gasteiger partial charge in [-0.2, -0.15) is 0 Å². The minimum Gasteiger partial charge on any atom is -0.487 e. The Bertz CT molecular complexity index is 533. The molecule has 21 heavy (non-hydrogen) atoms. The molecule has 5 nitrogen and oxygen atoms in total. The quantitative estimate of drug-likeness (QED) is 0.810. The second kappa shape index (κ2) is 7.81. The zero-order valence-corrected chi connectivity index (χ0v) is 12.4. The maximum absolute atomic E-state index is 9.27. The van der Waals surface area contributed by atoms with Gasteiger partial charge >= 0.3 is 0 Å². The Morgan fingerprint density at radius 3 is 2.67 bits per heavy atom. The highest BCUT2D eigenvalue weighted by Crippen LogP contribution is 2.16. The van der Waals surface area contributed by atoms with Gasteiger partial charge < -0.3 is 19.1 Å². The van der Waals surface area contributed by atoms with Crippen LogP contribution in [-0.2, 0) is 24.4 Å². The zero-order valence-electron chi connectivity index (χ0n) is 12.4. The monoisotopic (exact) mass is 291 g/mol. The van der Waals surface area contributed by atoms with Gasteiger partial charge in [0.2, 0.25) is 0 Å². The summed E-state index contributed by atoms with van der Waals surface area (Å²) in [7, 11) is 1.61. The van der Waals surface area contributed by atoms with Crippen molar-refractivity contribution in [2.24, 2.45) is 0 Å². The highest BCUT2D eigenvalue weighted by atomic mass is 16.5. The summed E-state index contributed by atoms with van der Waals surface area (Å²) in [5.41, 5.74) is 1.92. The highest BCUT2D eigenvalue weighted by molar-refractivity contribution is 5.27. The number of aryl methyl sites for hydroxylation is 1. The van der Waals surface area contributed by atoms with Gasteiger partial charge in [0.25, 0.3) is 0 Å². The van der Waals surface area contributed by atoms with E-state index in [0.29, 0.717) is 19.0 Å². The fraction of sp³-hybridized carbons (Fsp3) is 0.438. The van der Waals surface area contributed by atoms with Crippen molar-refractivity contribution in [3.63, 3.8) is 0 Å². The fourth-order valence-corrected chi connectivity index (χ4v) is 1.92. The highest BCUT2D eigenvalue weighted by Gasteiger charge is 2.05. The van der Waals surface area contributed by atoms with Gasteiger partial charge in [-0.1, -0.05) is 17.3 Å². The number of nitrogens with zero attached hydrogens (tertiary/aromatic N) is 1. The topological polar surface area (TPSA) is 64.7 Å². The van der Waals surface area contributed by atoms with Crippen molar-refractivity contribution in [3.05, 3.63) is 47.3 Å². The molecule has 0 aliphatic heterocycles. The maximum atomic E-state index is 9.27. The standard InChI is InChI=1S/C16H21NO4/c1-12(18)3-4-13-5-7-15(8-6-13)20-10-14-9-16(11-19-2)21-17-14/h5-9,12,18H,3-4,10-11H2,1-2H3. The van der Waals surface area contributed by atoms with E-state index in [1.165, 1.54) is 5.56 Å². The van der Waals surface area contributed by atoms with Crippen molar-refractivity contribution in [3.8, 4) is 5.75 Å². The van der Waals surface area contributed by atoms with Gasteiger partial charge in [0, 0.05) is 13.2 Å². The number of hydrogen-bond donors (Lipinski definition) is 1. The molecule has 0 aliphatic rings. The number of methoxy groups -OCH3 is 1. The number of ether oxygens (including phenoxy) is 2. The second-order valence-electron chi connectivity index (χ2n) is 5.04. The van der Waals surface area contributed by atoms with Crippen LogP contribution in [0.5, 0.6) is 5.75 Å². The molecule has 1 unspecified atom stereocenters. The Morgan fingerprint density at radius 2 is 2.00 bits per heavy atom. The molecule has 0 aliphatic carbocycles. The summed E-state index contributed by atoms with van der Waals surface area (Å²) in [6.45, 7) is 2.57. The van der Waals surface area contributed by atoms with E-state index >= 15 is 0 Å². The maximum Gasteiger partial charge on any atom is 0.162 e. The average molecular weight is 291 g/mol. The lowest BCUT2D eigenvalue weighted by Gasteiger charge is -2.06. The smallest absolute Gasteiger partial charge is 0.162 e. The van der Waals surface area contributed by atoms with Crippen LogP contribution >= 0.6 is 0 Å². The molecule has 2 rings (SSSR count). The Balaban J connectivity index is 1.82. The lowest BCUT2D eigenvalue weighted by atomic mass is 10.1. The third-order valence-corrected chi connectivity index (χ3v) is 3.06. The van der Waals surface area contributed by atoms with Crippen molar-refractivity contribution in [1.29, 1.82) is 0 Å². The molecule has 114 valence electrons. The second-order valence-corrected chi connectivity index (χ2v) is 5.04. The third kappa shape index (κ3) is 5.21. The van der Waals surface area contributed by atoms with Gasteiger partial charge in [0.05, 0.1) is 6.10 Å². The largest absolute Gasteiger partial charge is 0.487 e. The number of aliphatic hydroxyl groups is 1. The van der Waals surface area contributed by atoms with Crippen LogP contribution in [0.3, 0.4) is 0 Å². The van der Waals surface area contributed by atoms with Crippen molar-refractivity contribution in [2.45, 2.75) is 39.1 Å². The molecular formula is C16H21NO4. The van der Waals surface area contributed by atoms with Gasteiger partial charge in [-0.15, -0.1) is 0 Å². The van der Waals surface area contributed by atoms with Crippen LogP contribution < -0.4 is 4.74 Å². The first-order valence-corrected chi connectivity index (χ1v) is 7.00. The predicted octanol–water partition coefficient (Wildman–Crippen LogP) is 2.71. The normalized spacial score (nSPS) is 12.3. The molecule has 0 spiro atoms. The SMILES string of the molecule is COCc1cc(COc2ccc(CCC(C)O)cc2)no1. The van der Waals surface area contributed by atoms with E-state index < -0.39 is 0 Å². The summed E-state index contributed by atoms with van der Waals surface area (Å²) in [6, 6.07) is 9.69. The predicted molar refractivity (Wildman–Crippen MR) is 78.0 cm³/mol. The zero-order chi connectivity index (χ0) is 15.1. The van der Waals surface area contributed by atoms with E-state index in [9.17, 15) is 5.11 Å². The van der Waals surface area contributed by atoms with E-state index in [1.807, 2.05) is 30.3 Å². The third-order valence-electron chi connectivity index (χ3n) is 3.06. The lowest BCUT2D eigenvalue weighted by Crippen LogP contribution is -2.01. The van der Waals surface area contributed by atoms with Crippen LogP contribution in [0.1, 0.15) is 30.4 Å². The number of aromatic nitrogens is 1. The molecule has 0 saturated heterocycles. The van der Waals surface area contributed by atoms with Crippen LogP contribution in [0.15, 0.2) is 34.9 Å². The first kappa shape index (κ1) is 15.5. The molecule has 1 aromatic heterocycles. The molecule has 1 N–H and O–H groups in total. The van der Waals surface area contributed by atoms with Crippen LogP contribution in [0.4, 0.5) is 0 Å². The molecule has 0 saturated carbocycles. The first-order chi connectivity index (χ1) is 10.2. The summed E-state index contributed by atoms with van der Waals surface area (Å²) in [5.74, 6) is 1.47. The molecule has 1 aromatic carbocycles. The van der Waals surface area contributed by atoms with Gasteiger partial charge in [-0.25, -0.2) is 0 Å². The van der Waals surface area contributed by atoms with Gasteiger partial charge in [0.15, 0.2) is 5.76 Å². The van der Waals surface area contributed by atoms with Crippen LogP contribution in [0.2, 0.25) is 0 Å². The summed E-state index contributed by atoms with van der Waals surface area (Å²) >= 11 is 0. The van der Waals surface area contributed by atoms with Gasteiger partial charge in [-0.3, -0.25) is 0 Å². The average Bonchev–Trinajstić information content (AvgIpc) is 2.92. The van der Waals surface area contributed by atoms with Gasteiger partial charge in [0.1, 0.15) is 24.7 Å². The molecule has 1 heterocycles. The van der Waals surface area contributed by atoms with Gasteiger partial charge in [-0.05, 0) is 37.5 Å². The fourth-order valence-electron chi connectivity index (χ4n) is 1.92. The molecular weight excluding hydrogens is 270 g/mol. The Labute approximate surface area is 124 Å². The Morgan fingerprint density at radius 1 is 1.24 bits per heavy atom. The molecule has 1 atom stereocenters. The summed E-state index contributed by atoms with van der Waals surface area (Å²) < 4.78 is 15.7. The van der Waals surface area contributed by atoms with Crippen molar-refractivity contribution in [1.82, 2.24) is 5.16 Å². The minimum absolute atomic E-state index is 0.269. The molecule has 0 fully saturated rings.